The number of hydrogen-bond acceptors (Lipinski definition) is 6. The second-order valence-electron chi connectivity index (χ2n) is 7.40. The summed E-state index contributed by atoms with van der Waals surface area (Å²) >= 11 is 0. The van der Waals surface area contributed by atoms with Crippen LogP contribution in [0.2, 0.25) is 0 Å². The number of aromatic nitrogens is 2. The van der Waals surface area contributed by atoms with Gasteiger partial charge in [0.25, 0.3) is 0 Å². The van der Waals surface area contributed by atoms with Crippen molar-refractivity contribution in [1.82, 2.24) is 14.9 Å². The summed E-state index contributed by atoms with van der Waals surface area (Å²) in [5, 5.41) is 3.59. The van der Waals surface area contributed by atoms with Crippen LogP contribution in [0.1, 0.15) is 24.0 Å². The summed E-state index contributed by atoms with van der Waals surface area (Å²) in [6.07, 6.45) is 5.24. The zero-order chi connectivity index (χ0) is 17.9. The molecule has 0 amide bonds. The highest BCUT2D eigenvalue weighted by molar-refractivity contribution is 5.41. The molecular weight excluding hydrogens is 326 g/mol. The monoisotopic (exact) mass is 353 g/mol. The van der Waals surface area contributed by atoms with Crippen molar-refractivity contribution >= 4 is 11.8 Å². The zero-order valence-corrected chi connectivity index (χ0v) is 15.6. The number of piperidine rings is 1. The third-order valence-corrected chi connectivity index (χ3v) is 5.06. The Morgan fingerprint density at radius 2 is 2.23 bits per heavy atom. The number of likely N-dealkylation sites (tertiary alicyclic amines) is 1. The van der Waals surface area contributed by atoms with Crippen LogP contribution in [-0.4, -0.2) is 54.7 Å². The summed E-state index contributed by atoms with van der Waals surface area (Å²) in [6, 6.07) is 9.02. The number of rotatable bonds is 5. The topological polar surface area (TPSA) is 53.5 Å². The summed E-state index contributed by atoms with van der Waals surface area (Å²) in [6.45, 7) is 4.01. The van der Waals surface area contributed by atoms with Gasteiger partial charge in [-0.2, -0.15) is 4.98 Å². The number of nitrogens with one attached hydrogen (secondary N) is 1. The summed E-state index contributed by atoms with van der Waals surface area (Å²) in [5.41, 5.74) is 2.73. The SMILES string of the molecule is CN(C)c1nccc(NC2CCCN(Cc3ccc4c(c3)CCO4)C2)n1. The first-order valence-corrected chi connectivity index (χ1v) is 9.41. The van der Waals surface area contributed by atoms with Gasteiger partial charge in [0, 0.05) is 45.8 Å². The van der Waals surface area contributed by atoms with E-state index >= 15 is 0 Å². The molecule has 0 aliphatic carbocycles. The lowest BCUT2D eigenvalue weighted by Gasteiger charge is -2.33. The molecule has 1 aromatic heterocycles. The minimum Gasteiger partial charge on any atom is -0.493 e. The Balaban J connectivity index is 1.37. The molecule has 0 bridgehead atoms. The highest BCUT2D eigenvalue weighted by Crippen LogP contribution is 2.27. The van der Waals surface area contributed by atoms with E-state index in [1.165, 1.54) is 24.0 Å². The Morgan fingerprint density at radius 3 is 3.12 bits per heavy atom. The molecular formula is C20H27N5O. The highest BCUT2D eigenvalue weighted by atomic mass is 16.5. The van der Waals surface area contributed by atoms with Gasteiger partial charge in [0.1, 0.15) is 11.6 Å². The Labute approximate surface area is 155 Å². The Morgan fingerprint density at radius 1 is 1.31 bits per heavy atom. The lowest BCUT2D eigenvalue weighted by atomic mass is 10.0. The lowest BCUT2D eigenvalue weighted by molar-refractivity contribution is 0.208. The summed E-state index contributed by atoms with van der Waals surface area (Å²) < 4.78 is 5.61. The van der Waals surface area contributed by atoms with Crippen molar-refractivity contribution < 1.29 is 4.74 Å². The highest BCUT2D eigenvalue weighted by Gasteiger charge is 2.21. The van der Waals surface area contributed by atoms with E-state index < -0.39 is 0 Å². The lowest BCUT2D eigenvalue weighted by Crippen LogP contribution is -2.41. The van der Waals surface area contributed by atoms with Crippen LogP contribution < -0.4 is 15.0 Å². The molecule has 0 saturated carbocycles. The van der Waals surface area contributed by atoms with Crippen molar-refractivity contribution in [1.29, 1.82) is 0 Å². The molecule has 3 heterocycles. The Kier molecular flexibility index (Phi) is 4.93. The second-order valence-corrected chi connectivity index (χ2v) is 7.40. The molecule has 1 fully saturated rings. The van der Waals surface area contributed by atoms with Crippen molar-refractivity contribution in [2.24, 2.45) is 0 Å². The first kappa shape index (κ1) is 17.1. The molecule has 6 heteroatoms. The van der Waals surface area contributed by atoms with Crippen molar-refractivity contribution in [3.8, 4) is 5.75 Å². The number of anilines is 2. The molecule has 1 unspecified atom stereocenters. The average Bonchev–Trinajstić information content (AvgIpc) is 3.10. The molecule has 4 rings (SSSR count). The minimum absolute atomic E-state index is 0.423. The van der Waals surface area contributed by atoms with Gasteiger partial charge in [-0.3, -0.25) is 4.90 Å². The molecule has 1 N–H and O–H groups in total. The number of nitrogens with zero attached hydrogens (tertiary/aromatic N) is 4. The van der Waals surface area contributed by atoms with Gasteiger partial charge in [0.05, 0.1) is 6.61 Å². The van der Waals surface area contributed by atoms with Crippen LogP contribution in [0.25, 0.3) is 0 Å². The standard InChI is InChI=1S/C20H27N5O/c1-24(2)20-21-9-7-19(23-20)22-17-4-3-10-25(14-17)13-15-5-6-18-16(12-15)8-11-26-18/h5-7,9,12,17H,3-4,8,10-11,13-14H2,1-2H3,(H,21,22,23). The van der Waals surface area contributed by atoms with Crippen molar-refractivity contribution in [3.63, 3.8) is 0 Å². The van der Waals surface area contributed by atoms with Crippen LogP contribution >= 0.6 is 0 Å². The number of ether oxygens (including phenoxy) is 1. The maximum atomic E-state index is 5.61. The Bertz CT molecular complexity index is 764. The van der Waals surface area contributed by atoms with Gasteiger partial charge in [-0.25, -0.2) is 4.98 Å². The molecule has 2 aliphatic rings. The van der Waals surface area contributed by atoms with Crippen LogP contribution in [-0.2, 0) is 13.0 Å². The Hall–Kier alpha value is -2.34. The van der Waals surface area contributed by atoms with Gasteiger partial charge >= 0.3 is 0 Å². The molecule has 138 valence electrons. The van der Waals surface area contributed by atoms with E-state index in [2.05, 4.69) is 38.4 Å². The molecule has 0 radical (unpaired) electrons. The molecule has 26 heavy (non-hydrogen) atoms. The molecule has 1 saturated heterocycles. The van der Waals surface area contributed by atoms with Crippen LogP contribution in [0.4, 0.5) is 11.8 Å². The van der Waals surface area contributed by atoms with E-state index in [-0.39, 0.29) is 0 Å². The van der Waals surface area contributed by atoms with Crippen molar-refractivity contribution in [2.45, 2.75) is 31.8 Å². The predicted octanol–water partition coefficient (Wildman–Crippen LogP) is 2.55. The second kappa shape index (κ2) is 7.50. The largest absolute Gasteiger partial charge is 0.493 e. The van der Waals surface area contributed by atoms with E-state index in [9.17, 15) is 0 Å². The van der Waals surface area contributed by atoms with Crippen molar-refractivity contribution in [3.05, 3.63) is 41.6 Å². The quantitative estimate of drug-likeness (QED) is 0.892. The number of benzene rings is 1. The first-order valence-electron chi connectivity index (χ1n) is 9.41. The van der Waals surface area contributed by atoms with E-state index in [1.54, 1.807) is 0 Å². The van der Waals surface area contributed by atoms with Crippen LogP contribution in [0.3, 0.4) is 0 Å². The van der Waals surface area contributed by atoms with Crippen LogP contribution in [0.5, 0.6) is 5.75 Å². The van der Waals surface area contributed by atoms with E-state index in [1.807, 2.05) is 31.3 Å². The normalized spacial score (nSPS) is 19.7. The molecule has 1 aromatic carbocycles. The van der Waals surface area contributed by atoms with Gasteiger partial charge in [0.15, 0.2) is 0 Å². The zero-order valence-electron chi connectivity index (χ0n) is 15.6. The fourth-order valence-electron chi connectivity index (χ4n) is 3.77. The van der Waals surface area contributed by atoms with Crippen molar-refractivity contribution in [2.75, 3.05) is 44.0 Å². The van der Waals surface area contributed by atoms with Gasteiger partial charge in [-0.15, -0.1) is 0 Å². The molecule has 2 aliphatic heterocycles. The van der Waals surface area contributed by atoms with Crippen LogP contribution in [0, 0.1) is 0 Å². The fraction of sp³-hybridized carbons (Fsp3) is 0.500. The van der Waals surface area contributed by atoms with Gasteiger partial charge < -0.3 is 15.0 Å². The van der Waals surface area contributed by atoms with E-state index in [4.69, 9.17) is 4.74 Å². The van der Waals surface area contributed by atoms with Crippen LogP contribution in [0.15, 0.2) is 30.5 Å². The molecule has 0 spiro atoms. The minimum atomic E-state index is 0.423. The van der Waals surface area contributed by atoms with Gasteiger partial charge in [0.2, 0.25) is 5.95 Å². The number of fused-ring (bicyclic) bond motifs is 1. The smallest absolute Gasteiger partial charge is 0.226 e. The third-order valence-electron chi connectivity index (χ3n) is 5.06. The molecule has 1 atom stereocenters. The molecule has 6 nitrogen and oxygen atoms in total. The number of hydrogen-bond donors (Lipinski definition) is 1. The van der Waals surface area contributed by atoms with E-state index in [0.29, 0.717) is 6.04 Å². The summed E-state index contributed by atoms with van der Waals surface area (Å²) in [5.74, 6) is 2.71. The average molecular weight is 353 g/mol. The maximum Gasteiger partial charge on any atom is 0.226 e. The van der Waals surface area contributed by atoms with E-state index in [0.717, 1.165) is 50.2 Å². The summed E-state index contributed by atoms with van der Waals surface area (Å²) in [7, 11) is 3.92. The van der Waals surface area contributed by atoms with Gasteiger partial charge in [-0.05, 0) is 42.6 Å². The third kappa shape index (κ3) is 3.90. The first-order chi connectivity index (χ1) is 12.7. The summed E-state index contributed by atoms with van der Waals surface area (Å²) in [4.78, 5) is 13.3. The molecule has 2 aromatic rings. The van der Waals surface area contributed by atoms with Gasteiger partial charge in [-0.1, -0.05) is 12.1 Å². The predicted molar refractivity (Wildman–Crippen MR) is 104 cm³/mol. The fourth-order valence-corrected chi connectivity index (χ4v) is 3.77. The maximum absolute atomic E-state index is 5.61.